The molecular formula is C11H11N3O4S. The quantitative estimate of drug-likeness (QED) is 0.359. The summed E-state index contributed by atoms with van der Waals surface area (Å²) in [5, 5.41) is 6.52. The summed E-state index contributed by atoms with van der Waals surface area (Å²) < 4.78 is 9.51. The summed E-state index contributed by atoms with van der Waals surface area (Å²) in [5.74, 6) is -0.328. The molecule has 0 spiro atoms. The molecule has 1 fully saturated rings. The average Bonchev–Trinajstić information content (AvgIpc) is 3.00. The van der Waals surface area contributed by atoms with E-state index >= 15 is 0 Å². The Labute approximate surface area is 113 Å². The van der Waals surface area contributed by atoms with E-state index in [4.69, 9.17) is 4.42 Å². The zero-order chi connectivity index (χ0) is 13.7. The predicted molar refractivity (Wildman–Crippen MR) is 69.1 cm³/mol. The van der Waals surface area contributed by atoms with Gasteiger partial charge in [-0.25, -0.2) is 4.79 Å². The summed E-state index contributed by atoms with van der Waals surface area (Å²) in [6.07, 6.45) is 4.15. The molecule has 0 radical (unpaired) electrons. The SMILES string of the molecule is COC(=O)C=C1SC(NN=Cc2ccco2)NC1=O. The van der Waals surface area contributed by atoms with Crippen molar-refractivity contribution in [3.63, 3.8) is 0 Å². The highest BCUT2D eigenvalue weighted by Gasteiger charge is 2.27. The van der Waals surface area contributed by atoms with Crippen molar-refractivity contribution >= 4 is 29.9 Å². The molecule has 2 heterocycles. The smallest absolute Gasteiger partial charge is 0.331 e. The van der Waals surface area contributed by atoms with Gasteiger partial charge in [0, 0.05) is 6.08 Å². The van der Waals surface area contributed by atoms with Crippen molar-refractivity contribution in [3.05, 3.63) is 35.1 Å². The number of nitrogens with zero attached hydrogens (tertiary/aromatic N) is 1. The average molecular weight is 281 g/mol. The van der Waals surface area contributed by atoms with Crippen molar-refractivity contribution in [2.24, 2.45) is 5.10 Å². The van der Waals surface area contributed by atoms with E-state index in [1.807, 2.05) is 0 Å². The fourth-order valence-corrected chi connectivity index (χ4v) is 2.12. The lowest BCUT2D eigenvalue weighted by Crippen LogP contribution is -2.34. The van der Waals surface area contributed by atoms with E-state index in [0.29, 0.717) is 5.76 Å². The number of rotatable bonds is 4. The number of hydrogen-bond acceptors (Lipinski definition) is 7. The van der Waals surface area contributed by atoms with Gasteiger partial charge in [-0.1, -0.05) is 11.8 Å². The normalized spacial score (nSPS) is 20.8. The fourth-order valence-electron chi connectivity index (χ4n) is 1.26. The van der Waals surface area contributed by atoms with Crippen molar-refractivity contribution in [2.45, 2.75) is 5.50 Å². The maximum absolute atomic E-state index is 11.5. The lowest BCUT2D eigenvalue weighted by Gasteiger charge is -2.05. The molecule has 8 heteroatoms. The molecule has 0 bridgehead atoms. The number of thioether (sulfide) groups is 1. The van der Waals surface area contributed by atoms with Gasteiger partial charge in [0.2, 0.25) is 0 Å². The minimum absolute atomic E-state index is 0.276. The van der Waals surface area contributed by atoms with Gasteiger partial charge in [-0.3, -0.25) is 10.2 Å². The first-order valence-electron chi connectivity index (χ1n) is 5.28. The topological polar surface area (TPSA) is 92.9 Å². The maximum Gasteiger partial charge on any atom is 0.331 e. The number of hydrazone groups is 1. The molecule has 1 atom stereocenters. The Kier molecular flexibility index (Phi) is 4.24. The van der Waals surface area contributed by atoms with Crippen LogP contribution >= 0.6 is 11.8 Å². The lowest BCUT2D eigenvalue weighted by atomic mass is 10.4. The minimum Gasteiger partial charge on any atom is -0.466 e. The second-order valence-corrected chi connectivity index (χ2v) is 4.55. The number of methoxy groups -OCH3 is 1. The van der Waals surface area contributed by atoms with Gasteiger partial charge in [0.15, 0.2) is 5.50 Å². The molecule has 7 nitrogen and oxygen atoms in total. The molecule has 2 rings (SSSR count). The largest absolute Gasteiger partial charge is 0.466 e. The molecule has 100 valence electrons. The number of amides is 1. The number of nitrogens with one attached hydrogen (secondary N) is 2. The maximum atomic E-state index is 11.5. The molecule has 1 amide bonds. The van der Waals surface area contributed by atoms with Crippen LogP contribution in [0.3, 0.4) is 0 Å². The molecule has 0 saturated carbocycles. The summed E-state index contributed by atoms with van der Waals surface area (Å²) in [4.78, 5) is 22.8. The molecule has 2 N–H and O–H groups in total. The molecule has 1 aromatic rings. The van der Waals surface area contributed by atoms with Gasteiger partial charge in [0.05, 0.1) is 24.5 Å². The third-order valence-electron chi connectivity index (χ3n) is 2.11. The highest BCUT2D eigenvalue weighted by atomic mass is 32.2. The van der Waals surface area contributed by atoms with Gasteiger partial charge in [0.25, 0.3) is 5.91 Å². The number of carbonyl (C=O) groups excluding carboxylic acids is 2. The molecule has 1 aliphatic heterocycles. The molecule has 1 aromatic heterocycles. The number of hydrogen-bond donors (Lipinski definition) is 2. The van der Waals surface area contributed by atoms with Crippen molar-refractivity contribution in [3.8, 4) is 0 Å². The Hall–Kier alpha value is -2.22. The first-order valence-corrected chi connectivity index (χ1v) is 6.16. The van der Waals surface area contributed by atoms with Crippen LogP contribution in [0, 0.1) is 0 Å². The summed E-state index contributed by atoms with van der Waals surface area (Å²) in [6, 6.07) is 3.48. The van der Waals surface area contributed by atoms with Crippen LogP contribution in [0.15, 0.2) is 38.9 Å². The second-order valence-electron chi connectivity index (χ2n) is 3.41. The number of furan rings is 1. The highest BCUT2D eigenvalue weighted by molar-refractivity contribution is 8.05. The van der Waals surface area contributed by atoms with Crippen LogP contribution < -0.4 is 10.7 Å². The Bertz CT molecular complexity index is 524. The van der Waals surface area contributed by atoms with Crippen LogP contribution in [0.4, 0.5) is 0 Å². The third kappa shape index (κ3) is 3.62. The minimum atomic E-state index is -0.572. The Balaban J connectivity index is 1.89. The standard InChI is InChI=1S/C11H11N3O4S/c1-17-9(15)5-8-10(16)13-11(19-8)14-12-6-7-3-2-4-18-7/h2-6,11,14H,1H3,(H,13,16). The van der Waals surface area contributed by atoms with Crippen LogP contribution in [0.25, 0.3) is 0 Å². The fraction of sp³-hybridized carbons (Fsp3) is 0.182. The summed E-state index contributed by atoms with van der Waals surface area (Å²) in [7, 11) is 1.25. The zero-order valence-electron chi connectivity index (χ0n) is 9.95. The molecule has 1 saturated heterocycles. The van der Waals surface area contributed by atoms with Gasteiger partial charge in [0.1, 0.15) is 5.76 Å². The van der Waals surface area contributed by atoms with Crippen LogP contribution in [0.2, 0.25) is 0 Å². The van der Waals surface area contributed by atoms with Crippen LogP contribution in [-0.2, 0) is 14.3 Å². The van der Waals surface area contributed by atoms with Crippen molar-refractivity contribution in [1.29, 1.82) is 0 Å². The van der Waals surface area contributed by atoms with E-state index in [9.17, 15) is 9.59 Å². The number of ether oxygens (including phenoxy) is 1. The Morgan fingerprint density at radius 1 is 1.68 bits per heavy atom. The number of carbonyl (C=O) groups is 2. The second kappa shape index (κ2) is 6.10. The van der Waals surface area contributed by atoms with E-state index in [1.54, 1.807) is 12.1 Å². The lowest BCUT2D eigenvalue weighted by molar-refractivity contribution is -0.135. The summed E-state index contributed by atoms with van der Waals surface area (Å²) in [5.41, 5.74) is 2.28. The highest BCUT2D eigenvalue weighted by Crippen LogP contribution is 2.25. The number of esters is 1. The monoisotopic (exact) mass is 281 g/mol. The molecule has 19 heavy (non-hydrogen) atoms. The third-order valence-corrected chi connectivity index (χ3v) is 3.12. The summed E-state index contributed by atoms with van der Waals surface area (Å²) >= 11 is 1.14. The van der Waals surface area contributed by atoms with Crippen LogP contribution in [0.5, 0.6) is 0 Å². The molecule has 1 unspecified atom stereocenters. The van der Waals surface area contributed by atoms with Crippen LogP contribution in [-0.4, -0.2) is 30.7 Å². The van der Waals surface area contributed by atoms with E-state index in [-0.39, 0.29) is 10.8 Å². The van der Waals surface area contributed by atoms with E-state index in [0.717, 1.165) is 17.8 Å². The predicted octanol–water partition coefficient (Wildman–Crippen LogP) is 0.407. The van der Waals surface area contributed by atoms with E-state index in [2.05, 4.69) is 20.6 Å². The molecular weight excluding hydrogens is 270 g/mol. The van der Waals surface area contributed by atoms with Gasteiger partial charge >= 0.3 is 5.97 Å². The van der Waals surface area contributed by atoms with E-state index < -0.39 is 11.5 Å². The summed E-state index contributed by atoms with van der Waals surface area (Å²) in [6.45, 7) is 0. The van der Waals surface area contributed by atoms with Crippen molar-refractivity contribution in [2.75, 3.05) is 7.11 Å². The van der Waals surface area contributed by atoms with Gasteiger partial charge < -0.3 is 14.5 Å². The van der Waals surface area contributed by atoms with Crippen LogP contribution in [0.1, 0.15) is 5.76 Å². The first-order chi connectivity index (χ1) is 9.19. The Morgan fingerprint density at radius 3 is 3.21 bits per heavy atom. The van der Waals surface area contributed by atoms with Gasteiger partial charge in [-0.15, -0.1) is 0 Å². The Morgan fingerprint density at radius 2 is 2.53 bits per heavy atom. The van der Waals surface area contributed by atoms with Crippen molar-refractivity contribution in [1.82, 2.24) is 10.7 Å². The molecule has 0 aromatic carbocycles. The molecule has 0 aliphatic carbocycles. The van der Waals surface area contributed by atoms with Crippen molar-refractivity contribution < 1.29 is 18.7 Å². The van der Waals surface area contributed by atoms with Gasteiger partial charge in [-0.2, -0.15) is 5.10 Å². The van der Waals surface area contributed by atoms with Gasteiger partial charge in [-0.05, 0) is 12.1 Å². The first kappa shape index (κ1) is 13.2. The van der Waals surface area contributed by atoms with E-state index in [1.165, 1.54) is 19.6 Å². The molecule has 1 aliphatic rings. The zero-order valence-corrected chi connectivity index (χ0v) is 10.8.